The lowest BCUT2D eigenvalue weighted by Crippen LogP contribution is -2.38. The molecule has 2 heterocycles. The first-order chi connectivity index (χ1) is 9.60. The van der Waals surface area contributed by atoms with Gasteiger partial charge in [-0.15, -0.1) is 0 Å². The van der Waals surface area contributed by atoms with E-state index in [9.17, 15) is 4.79 Å². The van der Waals surface area contributed by atoms with Gasteiger partial charge in [-0.05, 0) is 44.2 Å². The van der Waals surface area contributed by atoms with Gasteiger partial charge in [0.05, 0.1) is 5.69 Å². The minimum Gasteiger partial charge on any atom is -0.481 e. The van der Waals surface area contributed by atoms with Gasteiger partial charge < -0.3 is 5.11 Å². The van der Waals surface area contributed by atoms with Gasteiger partial charge in [-0.25, -0.2) is 0 Å². The smallest absolute Gasteiger partial charge is 0.303 e. The molecule has 2 unspecified atom stereocenters. The molecule has 1 aliphatic rings. The van der Waals surface area contributed by atoms with Crippen molar-refractivity contribution in [2.75, 3.05) is 13.1 Å². The van der Waals surface area contributed by atoms with Gasteiger partial charge in [-0.3, -0.25) is 14.4 Å². The van der Waals surface area contributed by atoms with Crippen molar-refractivity contribution in [1.29, 1.82) is 0 Å². The summed E-state index contributed by atoms with van der Waals surface area (Å²) in [6.07, 6.45) is 4.45. The molecule has 1 aliphatic heterocycles. The van der Waals surface area contributed by atoms with Gasteiger partial charge in [0.2, 0.25) is 0 Å². The van der Waals surface area contributed by atoms with Crippen LogP contribution in [0.3, 0.4) is 0 Å². The van der Waals surface area contributed by atoms with Crippen LogP contribution < -0.4 is 0 Å². The molecule has 2 atom stereocenters. The Bertz CT molecular complexity index is 444. The lowest BCUT2D eigenvalue weighted by Gasteiger charge is -2.35. The van der Waals surface area contributed by atoms with E-state index >= 15 is 0 Å². The van der Waals surface area contributed by atoms with E-state index in [1.807, 2.05) is 10.9 Å². The molecule has 1 saturated heterocycles. The Morgan fingerprint density at radius 2 is 2.40 bits per heavy atom. The summed E-state index contributed by atoms with van der Waals surface area (Å²) in [5, 5.41) is 13.2. The average Bonchev–Trinajstić information content (AvgIpc) is 2.85. The second-order valence-electron chi connectivity index (χ2n) is 5.85. The number of likely N-dealkylation sites (tertiary alicyclic amines) is 1. The van der Waals surface area contributed by atoms with Gasteiger partial charge in [0.1, 0.15) is 0 Å². The van der Waals surface area contributed by atoms with Gasteiger partial charge in [0.25, 0.3) is 0 Å². The van der Waals surface area contributed by atoms with Crippen LogP contribution in [0, 0.1) is 11.8 Å². The molecule has 1 aromatic rings. The average molecular weight is 279 g/mol. The fraction of sp³-hybridized carbons (Fsp3) is 0.733. The summed E-state index contributed by atoms with van der Waals surface area (Å²) in [6.45, 7) is 8.09. The highest BCUT2D eigenvalue weighted by Crippen LogP contribution is 2.26. The zero-order valence-electron chi connectivity index (χ0n) is 12.5. The number of hydrogen-bond acceptors (Lipinski definition) is 3. The van der Waals surface area contributed by atoms with Crippen molar-refractivity contribution in [3.05, 3.63) is 18.0 Å². The van der Waals surface area contributed by atoms with E-state index < -0.39 is 5.97 Å². The van der Waals surface area contributed by atoms with Crippen LogP contribution in [-0.2, 0) is 17.9 Å². The van der Waals surface area contributed by atoms with E-state index in [2.05, 4.69) is 29.9 Å². The third-order valence-electron chi connectivity index (χ3n) is 4.33. The molecule has 0 amide bonds. The lowest BCUT2D eigenvalue weighted by atomic mass is 9.84. The van der Waals surface area contributed by atoms with Crippen molar-refractivity contribution in [3.63, 3.8) is 0 Å². The molecule has 0 bridgehead atoms. The van der Waals surface area contributed by atoms with Gasteiger partial charge in [0, 0.05) is 32.3 Å². The maximum atomic E-state index is 10.8. The largest absolute Gasteiger partial charge is 0.481 e. The summed E-state index contributed by atoms with van der Waals surface area (Å²) in [4.78, 5) is 13.3. The van der Waals surface area contributed by atoms with Crippen LogP contribution in [0.15, 0.2) is 12.3 Å². The molecule has 0 radical (unpaired) electrons. The van der Waals surface area contributed by atoms with E-state index in [0.717, 1.165) is 39.0 Å². The summed E-state index contributed by atoms with van der Waals surface area (Å²) >= 11 is 0. The number of aryl methyl sites for hydroxylation is 1. The molecule has 0 spiro atoms. The number of aromatic nitrogens is 2. The number of carboxylic acid groups (broad SMARTS) is 1. The quantitative estimate of drug-likeness (QED) is 0.867. The molecule has 2 rings (SSSR count). The molecular weight excluding hydrogens is 254 g/mol. The minimum atomic E-state index is -0.682. The second-order valence-corrected chi connectivity index (χ2v) is 5.85. The molecule has 5 heteroatoms. The monoisotopic (exact) mass is 279 g/mol. The van der Waals surface area contributed by atoms with Crippen LogP contribution >= 0.6 is 0 Å². The summed E-state index contributed by atoms with van der Waals surface area (Å²) in [7, 11) is 0. The van der Waals surface area contributed by atoms with Crippen molar-refractivity contribution in [2.45, 2.75) is 46.2 Å². The zero-order chi connectivity index (χ0) is 14.5. The second kappa shape index (κ2) is 6.88. The Morgan fingerprint density at radius 1 is 1.60 bits per heavy atom. The number of rotatable bonds is 6. The Morgan fingerprint density at radius 3 is 3.10 bits per heavy atom. The van der Waals surface area contributed by atoms with Gasteiger partial charge >= 0.3 is 5.97 Å². The van der Waals surface area contributed by atoms with Crippen LogP contribution in [0.5, 0.6) is 0 Å². The molecule has 5 nitrogen and oxygen atoms in total. The number of aliphatic carboxylic acids is 1. The minimum absolute atomic E-state index is 0.256. The molecule has 1 aromatic heterocycles. The molecule has 1 N–H and O–H groups in total. The van der Waals surface area contributed by atoms with Crippen molar-refractivity contribution in [1.82, 2.24) is 14.7 Å². The number of carbonyl (C=O) groups is 1. The third kappa shape index (κ3) is 3.82. The first-order valence-corrected chi connectivity index (χ1v) is 7.55. The topological polar surface area (TPSA) is 58.4 Å². The van der Waals surface area contributed by atoms with E-state index in [-0.39, 0.29) is 12.3 Å². The first-order valence-electron chi connectivity index (χ1n) is 7.55. The Labute approximate surface area is 120 Å². The van der Waals surface area contributed by atoms with Crippen molar-refractivity contribution < 1.29 is 9.90 Å². The van der Waals surface area contributed by atoms with E-state index in [1.54, 1.807) is 0 Å². The molecule has 1 fully saturated rings. The fourth-order valence-corrected chi connectivity index (χ4v) is 3.15. The standard InChI is InChI=1S/C15H25N3O2/c1-3-18-14(6-7-16-18)11-17-8-4-5-13(10-17)12(2)9-15(19)20/h6-7,12-13H,3-5,8-11H2,1-2H3,(H,19,20). The van der Waals surface area contributed by atoms with Crippen LogP contribution in [0.25, 0.3) is 0 Å². The van der Waals surface area contributed by atoms with E-state index in [0.29, 0.717) is 5.92 Å². The van der Waals surface area contributed by atoms with Crippen LogP contribution in [0.1, 0.15) is 38.8 Å². The molecule has 20 heavy (non-hydrogen) atoms. The SMILES string of the molecule is CCn1nccc1CN1CCCC(C(C)CC(=O)O)C1. The summed E-state index contributed by atoms with van der Waals surface area (Å²) in [5.41, 5.74) is 1.25. The van der Waals surface area contributed by atoms with Crippen LogP contribution in [-0.4, -0.2) is 38.8 Å². The summed E-state index contributed by atoms with van der Waals surface area (Å²) in [5.74, 6) is 0.0721. The van der Waals surface area contributed by atoms with Crippen LogP contribution in [0.4, 0.5) is 0 Å². The summed E-state index contributed by atoms with van der Waals surface area (Å²) in [6, 6.07) is 2.08. The lowest BCUT2D eigenvalue weighted by molar-refractivity contribution is -0.138. The first kappa shape index (κ1) is 15.0. The zero-order valence-corrected chi connectivity index (χ0v) is 12.5. The highest BCUT2D eigenvalue weighted by atomic mass is 16.4. The molecule has 112 valence electrons. The van der Waals surface area contributed by atoms with Crippen LogP contribution in [0.2, 0.25) is 0 Å². The predicted octanol–water partition coefficient (Wildman–Crippen LogP) is 2.23. The number of piperidine rings is 1. The summed E-state index contributed by atoms with van der Waals surface area (Å²) < 4.78 is 2.03. The van der Waals surface area contributed by atoms with Crippen molar-refractivity contribution >= 4 is 5.97 Å². The van der Waals surface area contributed by atoms with Crippen molar-refractivity contribution in [2.24, 2.45) is 11.8 Å². The third-order valence-corrected chi connectivity index (χ3v) is 4.33. The molecule has 0 aliphatic carbocycles. The van der Waals surface area contributed by atoms with Gasteiger partial charge in [-0.2, -0.15) is 5.10 Å². The maximum absolute atomic E-state index is 10.8. The Hall–Kier alpha value is -1.36. The number of hydrogen-bond donors (Lipinski definition) is 1. The maximum Gasteiger partial charge on any atom is 0.303 e. The Kier molecular flexibility index (Phi) is 5.17. The molecular formula is C15H25N3O2. The highest BCUT2D eigenvalue weighted by Gasteiger charge is 2.26. The predicted molar refractivity (Wildman–Crippen MR) is 77.3 cm³/mol. The number of carboxylic acids is 1. The van der Waals surface area contributed by atoms with Crippen molar-refractivity contribution in [3.8, 4) is 0 Å². The van der Waals surface area contributed by atoms with Gasteiger partial charge in [-0.1, -0.05) is 6.92 Å². The van der Waals surface area contributed by atoms with E-state index in [1.165, 1.54) is 5.69 Å². The fourth-order valence-electron chi connectivity index (χ4n) is 3.15. The Balaban J connectivity index is 1.91. The van der Waals surface area contributed by atoms with Gasteiger partial charge in [0.15, 0.2) is 0 Å². The molecule has 0 saturated carbocycles. The highest BCUT2D eigenvalue weighted by molar-refractivity contribution is 5.67. The molecule has 0 aromatic carbocycles. The van der Waals surface area contributed by atoms with E-state index in [4.69, 9.17) is 5.11 Å². The normalized spacial score (nSPS) is 21.8. The number of nitrogens with zero attached hydrogens (tertiary/aromatic N) is 3.